The lowest BCUT2D eigenvalue weighted by molar-refractivity contribution is 0.296. The second-order valence-electron chi connectivity index (χ2n) is 4.67. The molecule has 4 nitrogen and oxygen atoms in total. The predicted molar refractivity (Wildman–Crippen MR) is 81.1 cm³/mol. The quantitative estimate of drug-likeness (QED) is 0.782. The van der Waals surface area contributed by atoms with Gasteiger partial charge in [0.25, 0.3) is 0 Å². The SMILES string of the molecule is CC[C@@H](N)c1ccccc1OCc1cn2ccsc2n1. The molecule has 1 aromatic carbocycles. The summed E-state index contributed by atoms with van der Waals surface area (Å²) in [7, 11) is 0. The normalized spacial score (nSPS) is 12.7. The van der Waals surface area contributed by atoms with Gasteiger partial charge in [-0.2, -0.15) is 0 Å². The van der Waals surface area contributed by atoms with Crippen LogP contribution in [0.3, 0.4) is 0 Å². The first-order valence-electron chi connectivity index (χ1n) is 6.66. The molecule has 3 rings (SSSR count). The van der Waals surface area contributed by atoms with Crippen molar-refractivity contribution in [1.82, 2.24) is 9.38 Å². The number of nitrogens with two attached hydrogens (primary N) is 1. The number of benzene rings is 1. The van der Waals surface area contributed by atoms with Gasteiger partial charge in [0, 0.05) is 29.4 Å². The molecule has 0 saturated heterocycles. The maximum Gasteiger partial charge on any atom is 0.193 e. The number of nitrogens with zero attached hydrogens (tertiary/aromatic N) is 2. The number of imidazole rings is 1. The van der Waals surface area contributed by atoms with Crippen LogP contribution in [0.2, 0.25) is 0 Å². The monoisotopic (exact) mass is 287 g/mol. The van der Waals surface area contributed by atoms with Gasteiger partial charge in [-0.3, -0.25) is 4.40 Å². The molecule has 2 heterocycles. The molecule has 1 atom stereocenters. The zero-order chi connectivity index (χ0) is 13.9. The lowest BCUT2D eigenvalue weighted by Gasteiger charge is -2.15. The zero-order valence-electron chi connectivity index (χ0n) is 11.3. The van der Waals surface area contributed by atoms with E-state index in [4.69, 9.17) is 10.5 Å². The van der Waals surface area contributed by atoms with Gasteiger partial charge in [-0.05, 0) is 12.5 Å². The summed E-state index contributed by atoms with van der Waals surface area (Å²) in [5.41, 5.74) is 8.09. The van der Waals surface area contributed by atoms with E-state index >= 15 is 0 Å². The third kappa shape index (κ3) is 2.55. The molecule has 0 aliphatic carbocycles. The van der Waals surface area contributed by atoms with Gasteiger partial charge in [-0.25, -0.2) is 4.98 Å². The van der Waals surface area contributed by atoms with Crippen LogP contribution in [0.1, 0.15) is 30.6 Å². The van der Waals surface area contributed by atoms with Crippen LogP contribution in [0.25, 0.3) is 4.96 Å². The van der Waals surface area contributed by atoms with E-state index in [1.54, 1.807) is 11.3 Å². The molecule has 0 fully saturated rings. The molecule has 0 radical (unpaired) electrons. The van der Waals surface area contributed by atoms with Crippen LogP contribution in [0.4, 0.5) is 0 Å². The van der Waals surface area contributed by atoms with Crippen molar-refractivity contribution in [3.63, 3.8) is 0 Å². The van der Waals surface area contributed by atoms with Crippen LogP contribution in [0.15, 0.2) is 42.0 Å². The number of hydrogen-bond donors (Lipinski definition) is 1. The van der Waals surface area contributed by atoms with Crippen molar-refractivity contribution < 1.29 is 4.74 Å². The van der Waals surface area contributed by atoms with Crippen LogP contribution < -0.4 is 10.5 Å². The zero-order valence-corrected chi connectivity index (χ0v) is 12.1. The smallest absolute Gasteiger partial charge is 0.193 e. The molecule has 0 unspecified atom stereocenters. The van der Waals surface area contributed by atoms with Crippen molar-refractivity contribution in [2.24, 2.45) is 5.73 Å². The van der Waals surface area contributed by atoms with Crippen LogP contribution in [-0.2, 0) is 6.61 Å². The number of ether oxygens (including phenoxy) is 1. The fourth-order valence-electron chi connectivity index (χ4n) is 2.14. The van der Waals surface area contributed by atoms with Crippen LogP contribution in [-0.4, -0.2) is 9.38 Å². The molecule has 0 spiro atoms. The van der Waals surface area contributed by atoms with E-state index in [2.05, 4.69) is 11.9 Å². The first-order chi connectivity index (χ1) is 9.78. The number of rotatable bonds is 5. The number of fused-ring (bicyclic) bond motifs is 1. The minimum absolute atomic E-state index is 0.0108. The Morgan fingerprint density at radius 3 is 3.05 bits per heavy atom. The molecule has 0 aliphatic rings. The summed E-state index contributed by atoms with van der Waals surface area (Å²) in [4.78, 5) is 5.50. The predicted octanol–water partition coefficient (Wildman–Crippen LogP) is 3.38. The van der Waals surface area contributed by atoms with Crippen molar-refractivity contribution in [2.45, 2.75) is 26.0 Å². The van der Waals surface area contributed by atoms with Crippen LogP contribution in [0, 0.1) is 0 Å². The average molecular weight is 287 g/mol. The second-order valence-corrected chi connectivity index (χ2v) is 5.54. The van der Waals surface area contributed by atoms with Crippen molar-refractivity contribution in [3.8, 4) is 5.75 Å². The standard InChI is InChI=1S/C15H17N3OS/c1-2-13(16)12-5-3-4-6-14(12)19-10-11-9-18-7-8-20-15(18)17-11/h3-9,13H,2,10,16H2,1H3/t13-/m1/s1. The van der Waals surface area contributed by atoms with Gasteiger partial charge in [0.15, 0.2) is 4.96 Å². The maximum absolute atomic E-state index is 6.11. The van der Waals surface area contributed by atoms with E-state index < -0.39 is 0 Å². The second kappa shape index (κ2) is 5.64. The number of aromatic nitrogens is 2. The highest BCUT2D eigenvalue weighted by Crippen LogP contribution is 2.26. The summed E-state index contributed by atoms with van der Waals surface area (Å²) in [5.74, 6) is 0.846. The van der Waals surface area contributed by atoms with Crippen LogP contribution >= 0.6 is 11.3 Å². The Labute approximate surface area is 121 Å². The molecule has 5 heteroatoms. The number of para-hydroxylation sites is 1. The highest BCUT2D eigenvalue weighted by Gasteiger charge is 2.10. The van der Waals surface area contributed by atoms with Gasteiger partial charge in [0.2, 0.25) is 0 Å². The van der Waals surface area contributed by atoms with E-state index in [9.17, 15) is 0 Å². The fourth-order valence-corrected chi connectivity index (χ4v) is 2.85. The van der Waals surface area contributed by atoms with E-state index in [0.717, 1.165) is 28.4 Å². The Morgan fingerprint density at radius 1 is 1.40 bits per heavy atom. The minimum atomic E-state index is 0.0108. The van der Waals surface area contributed by atoms with Gasteiger partial charge < -0.3 is 10.5 Å². The van der Waals surface area contributed by atoms with Gasteiger partial charge in [-0.1, -0.05) is 25.1 Å². The summed E-state index contributed by atoms with van der Waals surface area (Å²) in [6.45, 7) is 2.53. The molecular weight excluding hydrogens is 270 g/mol. The Hall–Kier alpha value is -1.85. The lowest BCUT2D eigenvalue weighted by Crippen LogP contribution is -2.10. The Balaban J connectivity index is 1.76. The minimum Gasteiger partial charge on any atom is -0.487 e. The molecule has 3 aromatic rings. The molecule has 2 N–H and O–H groups in total. The Bertz CT molecular complexity index is 675. The van der Waals surface area contributed by atoms with E-state index in [0.29, 0.717) is 6.61 Å². The summed E-state index contributed by atoms with van der Waals surface area (Å²) in [6.07, 6.45) is 4.88. The Morgan fingerprint density at radius 2 is 2.25 bits per heavy atom. The molecule has 0 aliphatic heterocycles. The first kappa shape index (κ1) is 13.1. The highest BCUT2D eigenvalue weighted by molar-refractivity contribution is 7.15. The van der Waals surface area contributed by atoms with E-state index in [1.807, 2.05) is 46.4 Å². The first-order valence-corrected chi connectivity index (χ1v) is 7.54. The summed E-state index contributed by atoms with van der Waals surface area (Å²) < 4.78 is 7.90. The number of hydrogen-bond acceptors (Lipinski definition) is 4. The van der Waals surface area contributed by atoms with Gasteiger partial charge in [0.1, 0.15) is 12.4 Å². The van der Waals surface area contributed by atoms with Gasteiger partial charge in [-0.15, -0.1) is 11.3 Å². The fraction of sp³-hybridized carbons (Fsp3) is 0.267. The van der Waals surface area contributed by atoms with E-state index in [1.165, 1.54) is 0 Å². The molecular formula is C15H17N3OS. The van der Waals surface area contributed by atoms with Gasteiger partial charge >= 0.3 is 0 Å². The topological polar surface area (TPSA) is 52.5 Å². The van der Waals surface area contributed by atoms with E-state index in [-0.39, 0.29) is 6.04 Å². The summed E-state index contributed by atoms with van der Waals surface area (Å²) in [5, 5.41) is 2.02. The van der Waals surface area contributed by atoms with Crippen molar-refractivity contribution in [2.75, 3.05) is 0 Å². The molecule has 0 amide bonds. The third-order valence-corrected chi connectivity index (χ3v) is 4.05. The molecule has 0 bridgehead atoms. The summed E-state index contributed by atoms with van der Waals surface area (Å²) >= 11 is 1.62. The maximum atomic E-state index is 6.11. The van der Waals surface area contributed by atoms with Crippen molar-refractivity contribution >= 4 is 16.3 Å². The Kier molecular flexibility index (Phi) is 3.71. The molecule has 0 saturated carbocycles. The molecule has 2 aromatic heterocycles. The van der Waals surface area contributed by atoms with Crippen LogP contribution in [0.5, 0.6) is 5.75 Å². The van der Waals surface area contributed by atoms with Crippen molar-refractivity contribution in [1.29, 1.82) is 0 Å². The highest BCUT2D eigenvalue weighted by atomic mass is 32.1. The molecule has 20 heavy (non-hydrogen) atoms. The average Bonchev–Trinajstić information content (AvgIpc) is 3.05. The largest absolute Gasteiger partial charge is 0.487 e. The van der Waals surface area contributed by atoms with Gasteiger partial charge in [0.05, 0.1) is 5.69 Å². The molecule has 104 valence electrons. The third-order valence-electron chi connectivity index (χ3n) is 3.28. The lowest BCUT2D eigenvalue weighted by atomic mass is 10.0. The van der Waals surface area contributed by atoms with Crippen molar-refractivity contribution in [3.05, 3.63) is 53.3 Å². The number of thiazole rings is 1. The summed E-state index contributed by atoms with van der Waals surface area (Å²) in [6, 6.07) is 7.95.